The van der Waals surface area contributed by atoms with Crippen LogP contribution in [0.5, 0.6) is 0 Å². The maximum Gasteiger partial charge on any atom is 0.232 e. The lowest BCUT2D eigenvalue weighted by molar-refractivity contribution is -0.128. The molecule has 0 unspecified atom stereocenters. The second-order valence-electron chi connectivity index (χ2n) is 4.77. The Balaban J connectivity index is 1.90. The average Bonchev–Trinajstić information content (AvgIpc) is 2.68. The predicted molar refractivity (Wildman–Crippen MR) is 84.3 cm³/mol. The van der Waals surface area contributed by atoms with Crippen molar-refractivity contribution in [1.82, 2.24) is 4.90 Å². The minimum absolute atomic E-state index is 0.228. The van der Waals surface area contributed by atoms with E-state index in [1.165, 1.54) is 24.6 Å². The zero-order valence-corrected chi connectivity index (χ0v) is 13.3. The topological polar surface area (TPSA) is 46.3 Å². The highest BCUT2D eigenvalue weighted by molar-refractivity contribution is 9.10. The van der Waals surface area contributed by atoms with Gasteiger partial charge >= 0.3 is 0 Å². The van der Waals surface area contributed by atoms with Crippen molar-refractivity contribution in [2.24, 2.45) is 0 Å². The van der Waals surface area contributed by atoms with Gasteiger partial charge in [0.2, 0.25) is 5.91 Å². The van der Waals surface area contributed by atoms with Gasteiger partial charge in [0.25, 0.3) is 0 Å². The molecule has 2 rings (SSSR count). The third kappa shape index (κ3) is 4.42. The van der Waals surface area contributed by atoms with Crippen molar-refractivity contribution in [1.29, 1.82) is 0 Å². The fourth-order valence-electron chi connectivity index (χ4n) is 2.18. The number of amides is 1. The Kier molecular flexibility index (Phi) is 5.58. The molecule has 0 saturated carbocycles. The molecule has 1 aliphatic heterocycles. The number of halogens is 1. The van der Waals surface area contributed by atoms with E-state index in [1.807, 2.05) is 23.1 Å². The third-order valence-corrected chi connectivity index (χ3v) is 4.83. The van der Waals surface area contributed by atoms with Crippen molar-refractivity contribution in [2.45, 2.75) is 30.6 Å². The fourth-order valence-corrected chi connectivity index (χ4v) is 3.60. The number of carbonyl (C=O) groups is 1. The van der Waals surface area contributed by atoms with Gasteiger partial charge in [0, 0.05) is 28.1 Å². The highest BCUT2D eigenvalue weighted by Crippen LogP contribution is 2.28. The number of carbonyl (C=O) groups excluding carboxylic acids is 1. The molecule has 1 heterocycles. The molecule has 0 atom stereocenters. The minimum Gasteiger partial charge on any atom is -0.398 e. The van der Waals surface area contributed by atoms with Crippen LogP contribution in [0, 0.1) is 0 Å². The van der Waals surface area contributed by atoms with Crippen LogP contribution in [0.4, 0.5) is 5.69 Å². The number of nitrogen functional groups attached to an aromatic ring is 1. The average molecular weight is 343 g/mol. The van der Waals surface area contributed by atoms with Crippen LogP contribution in [-0.2, 0) is 4.79 Å². The molecular weight excluding hydrogens is 324 g/mol. The zero-order chi connectivity index (χ0) is 13.7. The number of anilines is 1. The Morgan fingerprint density at radius 3 is 2.63 bits per heavy atom. The Morgan fingerprint density at radius 2 is 1.95 bits per heavy atom. The number of hydrogen-bond acceptors (Lipinski definition) is 3. The van der Waals surface area contributed by atoms with E-state index >= 15 is 0 Å². The molecule has 19 heavy (non-hydrogen) atoms. The van der Waals surface area contributed by atoms with E-state index in [2.05, 4.69) is 15.9 Å². The van der Waals surface area contributed by atoms with E-state index in [-0.39, 0.29) is 5.91 Å². The highest BCUT2D eigenvalue weighted by atomic mass is 79.9. The van der Waals surface area contributed by atoms with Gasteiger partial charge < -0.3 is 10.6 Å². The SMILES string of the molecule is Nc1ccc(Br)cc1SCC(=O)N1CCCCCC1. The van der Waals surface area contributed by atoms with Gasteiger partial charge in [-0.25, -0.2) is 0 Å². The van der Waals surface area contributed by atoms with Crippen LogP contribution in [0.3, 0.4) is 0 Å². The van der Waals surface area contributed by atoms with Crippen LogP contribution in [0.1, 0.15) is 25.7 Å². The summed E-state index contributed by atoms with van der Waals surface area (Å²) in [5.74, 6) is 0.701. The normalized spacial score (nSPS) is 16.2. The predicted octanol–water partition coefficient (Wildman–Crippen LogP) is 3.53. The molecule has 3 nitrogen and oxygen atoms in total. The standard InChI is InChI=1S/C14H19BrN2OS/c15-11-5-6-12(16)13(9-11)19-10-14(18)17-7-3-1-2-4-8-17/h5-6,9H,1-4,7-8,10,16H2. The monoisotopic (exact) mass is 342 g/mol. The first-order chi connectivity index (χ1) is 9.16. The van der Waals surface area contributed by atoms with Crippen LogP contribution in [0.25, 0.3) is 0 Å². The molecule has 0 aliphatic carbocycles. The van der Waals surface area contributed by atoms with E-state index in [9.17, 15) is 4.79 Å². The molecule has 0 spiro atoms. The van der Waals surface area contributed by atoms with E-state index < -0.39 is 0 Å². The number of rotatable bonds is 3. The molecule has 1 saturated heterocycles. The second-order valence-corrected chi connectivity index (χ2v) is 6.70. The summed E-state index contributed by atoms with van der Waals surface area (Å²) >= 11 is 4.95. The molecule has 104 valence electrons. The molecule has 0 radical (unpaired) electrons. The van der Waals surface area contributed by atoms with Crippen LogP contribution >= 0.6 is 27.7 Å². The summed E-state index contributed by atoms with van der Waals surface area (Å²) in [6, 6.07) is 5.74. The summed E-state index contributed by atoms with van der Waals surface area (Å²) < 4.78 is 0.992. The van der Waals surface area contributed by atoms with Gasteiger partial charge in [0.1, 0.15) is 0 Å². The zero-order valence-electron chi connectivity index (χ0n) is 10.9. The maximum absolute atomic E-state index is 12.2. The number of benzene rings is 1. The summed E-state index contributed by atoms with van der Waals surface area (Å²) in [4.78, 5) is 15.1. The Hall–Kier alpha value is -0.680. The Bertz CT molecular complexity index is 445. The van der Waals surface area contributed by atoms with Gasteiger partial charge in [0.05, 0.1) is 5.75 Å². The molecule has 1 aromatic rings. The van der Waals surface area contributed by atoms with Gasteiger partial charge in [-0.05, 0) is 31.0 Å². The maximum atomic E-state index is 12.2. The molecule has 0 bridgehead atoms. The summed E-state index contributed by atoms with van der Waals surface area (Å²) in [5.41, 5.74) is 6.65. The minimum atomic E-state index is 0.228. The number of nitrogens with zero attached hydrogens (tertiary/aromatic N) is 1. The van der Waals surface area contributed by atoms with Crippen LogP contribution < -0.4 is 5.73 Å². The van der Waals surface area contributed by atoms with Gasteiger partial charge in [0.15, 0.2) is 0 Å². The van der Waals surface area contributed by atoms with Crippen molar-refractivity contribution in [3.05, 3.63) is 22.7 Å². The molecular formula is C14H19BrN2OS. The summed E-state index contributed by atoms with van der Waals surface area (Å²) in [7, 11) is 0. The summed E-state index contributed by atoms with van der Waals surface area (Å²) in [6.07, 6.45) is 4.76. The lowest BCUT2D eigenvalue weighted by atomic mass is 10.2. The van der Waals surface area contributed by atoms with Gasteiger partial charge in [-0.3, -0.25) is 4.79 Å². The summed E-state index contributed by atoms with van der Waals surface area (Å²) in [6.45, 7) is 1.82. The van der Waals surface area contributed by atoms with E-state index in [4.69, 9.17) is 5.73 Å². The molecule has 1 fully saturated rings. The van der Waals surface area contributed by atoms with Crippen LogP contribution in [0.15, 0.2) is 27.6 Å². The molecule has 1 amide bonds. The molecule has 1 aromatic carbocycles. The highest BCUT2D eigenvalue weighted by Gasteiger charge is 2.16. The largest absolute Gasteiger partial charge is 0.398 e. The van der Waals surface area contributed by atoms with Gasteiger partial charge in [-0.2, -0.15) is 0 Å². The molecule has 5 heteroatoms. The lowest BCUT2D eigenvalue weighted by Gasteiger charge is -2.20. The van der Waals surface area contributed by atoms with Gasteiger partial charge in [-0.1, -0.05) is 28.8 Å². The van der Waals surface area contributed by atoms with E-state index in [1.54, 1.807) is 0 Å². The number of nitrogens with two attached hydrogens (primary N) is 1. The first-order valence-corrected chi connectivity index (χ1v) is 8.40. The van der Waals surface area contributed by atoms with Crippen molar-refractivity contribution >= 4 is 39.3 Å². The summed E-state index contributed by atoms with van der Waals surface area (Å²) in [5, 5.41) is 0. The molecule has 1 aliphatic rings. The quantitative estimate of drug-likeness (QED) is 0.675. The van der Waals surface area contributed by atoms with Gasteiger partial charge in [-0.15, -0.1) is 11.8 Å². The first kappa shape index (κ1) is 14.7. The Morgan fingerprint density at radius 1 is 1.26 bits per heavy atom. The van der Waals surface area contributed by atoms with Crippen molar-refractivity contribution < 1.29 is 4.79 Å². The molecule has 2 N–H and O–H groups in total. The first-order valence-electron chi connectivity index (χ1n) is 6.62. The van der Waals surface area contributed by atoms with Crippen molar-refractivity contribution in [3.63, 3.8) is 0 Å². The number of likely N-dealkylation sites (tertiary alicyclic amines) is 1. The van der Waals surface area contributed by atoms with Crippen LogP contribution in [-0.4, -0.2) is 29.6 Å². The van der Waals surface area contributed by atoms with E-state index in [0.717, 1.165) is 41.0 Å². The smallest absolute Gasteiger partial charge is 0.232 e. The van der Waals surface area contributed by atoms with Crippen molar-refractivity contribution in [3.8, 4) is 0 Å². The third-order valence-electron chi connectivity index (χ3n) is 3.29. The molecule has 0 aromatic heterocycles. The fraction of sp³-hybridized carbons (Fsp3) is 0.500. The van der Waals surface area contributed by atoms with Crippen molar-refractivity contribution in [2.75, 3.05) is 24.6 Å². The van der Waals surface area contributed by atoms with E-state index in [0.29, 0.717) is 5.75 Å². The second kappa shape index (κ2) is 7.20. The number of thioether (sulfide) groups is 1. The lowest BCUT2D eigenvalue weighted by Crippen LogP contribution is -2.33. The van der Waals surface area contributed by atoms with Crippen LogP contribution in [0.2, 0.25) is 0 Å². The Labute approximate surface area is 127 Å². The number of hydrogen-bond donors (Lipinski definition) is 1.